The van der Waals surface area contributed by atoms with E-state index in [1.165, 1.54) is 13.8 Å². The van der Waals surface area contributed by atoms with Crippen molar-refractivity contribution in [3.8, 4) is 0 Å². The van der Waals surface area contributed by atoms with Crippen molar-refractivity contribution in [2.24, 2.45) is 0 Å². The Morgan fingerprint density at radius 2 is 2.14 bits per heavy atom. The lowest BCUT2D eigenvalue weighted by Crippen LogP contribution is -2.37. The summed E-state index contributed by atoms with van der Waals surface area (Å²) in [4.78, 5) is 21.8. The molecule has 1 atom stereocenters. The summed E-state index contributed by atoms with van der Waals surface area (Å²) in [6.45, 7) is 3.15. The summed E-state index contributed by atoms with van der Waals surface area (Å²) in [5, 5.41) is 17.6. The molecule has 2 rings (SSSR count). The number of H-pyrrole nitrogens is 1. The van der Waals surface area contributed by atoms with Crippen molar-refractivity contribution >= 4 is 21.9 Å². The number of aromatic carboxylic acids is 1. The fraction of sp³-hybridized carbons (Fsp3) is 0.545. The van der Waals surface area contributed by atoms with Gasteiger partial charge in [-0.05, 0) is 13.3 Å². The smallest absolute Gasteiger partial charge is 0.357 e. The molecule has 1 aromatic rings. The molecule has 1 aromatic heterocycles. The number of carbonyl (C=O) groups is 2. The Kier molecular flexibility index (Phi) is 4.01. The van der Waals surface area contributed by atoms with Gasteiger partial charge in [-0.3, -0.25) is 9.89 Å². The van der Waals surface area contributed by atoms with Crippen LogP contribution in [-0.2, 0) is 14.8 Å². The van der Waals surface area contributed by atoms with Gasteiger partial charge in [0.1, 0.15) is 4.90 Å². The molecule has 0 saturated carbocycles. The summed E-state index contributed by atoms with van der Waals surface area (Å²) in [6, 6.07) is -0.266. The van der Waals surface area contributed by atoms with Gasteiger partial charge in [0.15, 0.2) is 5.69 Å². The van der Waals surface area contributed by atoms with Crippen molar-refractivity contribution in [2.45, 2.75) is 31.2 Å². The van der Waals surface area contributed by atoms with Crippen LogP contribution in [0, 0.1) is 6.92 Å². The van der Waals surface area contributed by atoms with Crippen molar-refractivity contribution in [3.63, 3.8) is 0 Å². The number of aromatic nitrogens is 2. The van der Waals surface area contributed by atoms with Crippen LogP contribution in [0.4, 0.5) is 0 Å². The van der Waals surface area contributed by atoms with E-state index in [0.717, 1.165) is 4.31 Å². The molecule has 0 bridgehead atoms. The standard InChI is InChI=1S/C11H16N4O5S/c1-6-10(9(11(17)18)14-13-6)21(19,20)15-4-3-8(5-15)12-7(2)16/h8H,3-5H2,1-2H3,(H,12,16)(H,13,14)(H,17,18). The Bertz CT molecular complexity index is 681. The SMILES string of the molecule is CC(=O)NC1CCN(S(=O)(=O)c2c(C(=O)O)n[nH]c2C)C1. The summed E-state index contributed by atoms with van der Waals surface area (Å²) < 4.78 is 26.3. The predicted molar refractivity (Wildman–Crippen MR) is 71.3 cm³/mol. The van der Waals surface area contributed by atoms with Gasteiger partial charge >= 0.3 is 5.97 Å². The van der Waals surface area contributed by atoms with Gasteiger partial charge in [-0.25, -0.2) is 13.2 Å². The highest BCUT2D eigenvalue weighted by Crippen LogP contribution is 2.25. The molecule has 9 nitrogen and oxygen atoms in total. The molecule has 1 unspecified atom stereocenters. The Hall–Kier alpha value is -1.94. The van der Waals surface area contributed by atoms with Crippen LogP contribution in [0.3, 0.4) is 0 Å². The molecule has 3 N–H and O–H groups in total. The van der Waals surface area contributed by atoms with E-state index in [4.69, 9.17) is 5.11 Å². The van der Waals surface area contributed by atoms with Gasteiger partial charge in [0, 0.05) is 26.1 Å². The molecule has 0 spiro atoms. The molecular weight excluding hydrogens is 300 g/mol. The number of hydrogen-bond donors (Lipinski definition) is 3. The van der Waals surface area contributed by atoms with Crippen LogP contribution < -0.4 is 5.32 Å². The van der Waals surface area contributed by atoms with Gasteiger partial charge in [0.05, 0.1) is 5.69 Å². The second-order valence-electron chi connectivity index (χ2n) is 4.88. The maximum absolute atomic E-state index is 12.6. The molecular formula is C11H16N4O5S. The molecule has 1 saturated heterocycles. The first-order valence-corrected chi connectivity index (χ1v) is 7.73. The van der Waals surface area contributed by atoms with E-state index < -0.39 is 21.7 Å². The van der Waals surface area contributed by atoms with Crippen molar-refractivity contribution in [1.82, 2.24) is 19.8 Å². The number of nitrogens with one attached hydrogen (secondary N) is 2. The molecule has 0 radical (unpaired) electrons. The summed E-state index contributed by atoms with van der Waals surface area (Å²) in [5.74, 6) is -1.64. The van der Waals surface area contributed by atoms with Crippen LogP contribution in [0.2, 0.25) is 0 Å². The van der Waals surface area contributed by atoms with E-state index >= 15 is 0 Å². The number of carboxylic acid groups (broad SMARTS) is 1. The number of sulfonamides is 1. The second kappa shape index (κ2) is 5.45. The van der Waals surface area contributed by atoms with Crippen LogP contribution in [-0.4, -0.2) is 59.0 Å². The lowest BCUT2D eigenvalue weighted by molar-refractivity contribution is -0.119. The molecule has 10 heteroatoms. The fourth-order valence-corrected chi connectivity index (χ4v) is 4.15. The first-order chi connectivity index (χ1) is 9.73. The van der Waals surface area contributed by atoms with Crippen LogP contribution >= 0.6 is 0 Å². The van der Waals surface area contributed by atoms with E-state index in [9.17, 15) is 18.0 Å². The van der Waals surface area contributed by atoms with Gasteiger partial charge < -0.3 is 10.4 Å². The lowest BCUT2D eigenvalue weighted by atomic mass is 10.3. The third-order valence-electron chi connectivity index (χ3n) is 3.25. The highest BCUT2D eigenvalue weighted by molar-refractivity contribution is 7.89. The zero-order valence-electron chi connectivity index (χ0n) is 11.6. The Morgan fingerprint density at radius 3 is 2.71 bits per heavy atom. The van der Waals surface area contributed by atoms with E-state index in [-0.39, 0.29) is 35.6 Å². The summed E-state index contributed by atoms with van der Waals surface area (Å²) in [6.07, 6.45) is 0.484. The highest BCUT2D eigenvalue weighted by atomic mass is 32.2. The van der Waals surface area contributed by atoms with Crippen LogP contribution in [0.15, 0.2) is 4.90 Å². The maximum Gasteiger partial charge on any atom is 0.357 e. The van der Waals surface area contributed by atoms with Crippen molar-refractivity contribution in [3.05, 3.63) is 11.4 Å². The first kappa shape index (κ1) is 15.4. The molecule has 0 aliphatic carbocycles. The zero-order valence-corrected chi connectivity index (χ0v) is 12.4. The lowest BCUT2D eigenvalue weighted by Gasteiger charge is -2.16. The molecule has 2 heterocycles. The maximum atomic E-state index is 12.6. The molecule has 0 aromatic carbocycles. The molecule has 1 amide bonds. The van der Waals surface area contributed by atoms with Crippen molar-refractivity contribution in [2.75, 3.05) is 13.1 Å². The minimum Gasteiger partial charge on any atom is -0.476 e. The predicted octanol–water partition coefficient (Wildman–Crippen LogP) is -0.685. The Morgan fingerprint density at radius 1 is 1.48 bits per heavy atom. The largest absolute Gasteiger partial charge is 0.476 e. The molecule has 116 valence electrons. The number of nitrogens with zero attached hydrogens (tertiary/aromatic N) is 2. The Balaban J connectivity index is 2.30. The van der Waals surface area contributed by atoms with Crippen LogP contribution in [0.1, 0.15) is 29.5 Å². The van der Waals surface area contributed by atoms with Crippen LogP contribution in [0.25, 0.3) is 0 Å². The van der Waals surface area contributed by atoms with Crippen molar-refractivity contribution < 1.29 is 23.1 Å². The van der Waals surface area contributed by atoms with Crippen LogP contribution in [0.5, 0.6) is 0 Å². The second-order valence-corrected chi connectivity index (χ2v) is 6.76. The molecule has 1 aliphatic heterocycles. The average molecular weight is 316 g/mol. The molecule has 1 aliphatic rings. The van der Waals surface area contributed by atoms with E-state index in [1.807, 2.05) is 0 Å². The molecule has 21 heavy (non-hydrogen) atoms. The number of carbonyl (C=O) groups excluding carboxylic acids is 1. The monoisotopic (exact) mass is 316 g/mol. The summed E-state index contributed by atoms with van der Waals surface area (Å²) >= 11 is 0. The fourth-order valence-electron chi connectivity index (χ4n) is 2.36. The number of hydrogen-bond acceptors (Lipinski definition) is 5. The minimum absolute atomic E-state index is 0.117. The summed E-state index contributed by atoms with van der Waals surface area (Å²) in [7, 11) is -3.96. The van der Waals surface area contributed by atoms with Gasteiger partial charge in [0.25, 0.3) is 0 Å². The third kappa shape index (κ3) is 2.90. The van der Waals surface area contributed by atoms with E-state index in [2.05, 4.69) is 15.5 Å². The molecule has 1 fully saturated rings. The highest BCUT2D eigenvalue weighted by Gasteiger charge is 2.37. The van der Waals surface area contributed by atoms with E-state index in [1.54, 1.807) is 0 Å². The average Bonchev–Trinajstić information content (AvgIpc) is 2.95. The third-order valence-corrected chi connectivity index (χ3v) is 5.28. The number of amides is 1. The number of rotatable bonds is 4. The van der Waals surface area contributed by atoms with Gasteiger partial charge in [-0.15, -0.1) is 0 Å². The van der Waals surface area contributed by atoms with Crippen molar-refractivity contribution in [1.29, 1.82) is 0 Å². The minimum atomic E-state index is -3.96. The normalized spacial score (nSPS) is 19.6. The number of aryl methyl sites for hydroxylation is 1. The topological polar surface area (TPSA) is 132 Å². The number of aromatic amines is 1. The van der Waals surface area contributed by atoms with Gasteiger partial charge in [-0.1, -0.05) is 0 Å². The number of carboxylic acids is 1. The Labute approximate surface area is 121 Å². The quantitative estimate of drug-likeness (QED) is 0.674. The van der Waals surface area contributed by atoms with Gasteiger partial charge in [0.2, 0.25) is 15.9 Å². The first-order valence-electron chi connectivity index (χ1n) is 6.29. The zero-order chi connectivity index (χ0) is 15.8. The van der Waals surface area contributed by atoms with E-state index in [0.29, 0.717) is 6.42 Å². The summed E-state index contributed by atoms with van der Waals surface area (Å²) in [5.41, 5.74) is -0.342. The van der Waals surface area contributed by atoms with Gasteiger partial charge in [-0.2, -0.15) is 9.40 Å².